The van der Waals surface area contributed by atoms with Crippen molar-refractivity contribution in [1.82, 2.24) is 14.8 Å². The van der Waals surface area contributed by atoms with Crippen molar-refractivity contribution in [3.8, 4) is 0 Å². The SMILES string of the molecule is CCc1nc(CN2CCN(C(=O)Nc3ccccc3C)CC2)cs1. The number of thiazole rings is 1. The number of piperazine rings is 1. The summed E-state index contributed by atoms with van der Waals surface area (Å²) >= 11 is 1.73. The van der Waals surface area contributed by atoms with Crippen molar-refractivity contribution >= 4 is 23.1 Å². The molecule has 1 aromatic carbocycles. The number of nitrogens with zero attached hydrogens (tertiary/aromatic N) is 3. The molecule has 1 N–H and O–H groups in total. The second-order valence-electron chi connectivity index (χ2n) is 6.09. The Morgan fingerprint density at radius 2 is 2.00 bits per heavy atom. The molecule has 0 bridgehead atoms. The van der Waals surface area contributed by atoms with Crippen molar-refractivity contribution in [2.45, 2.75) is 26.8 Å². The van der Waals surface area contributed by atoms with Crippen LogP contribution in [0.4, 0.5) is 10.5 Å². The maximum Gasteiger partial charge on any atom is 0.321 e. The van der Waals surface area contributed by atoms with Gasteiger partial charge in [0.25, 0.3) is 0 Å². The summed E-state index contributed by atoms with van der Waals surface area (Å²) < 4.78 is 0. The van der Waals surface area contributed by atoms with Gasteiger partial charge in [0.2, 0.25) is 0 Å². The molecule has 6 heteroatoms. The van der Waals surface area contributed by atoms with E-state index in [2.05, 4.69) is 27.5 Å². The number of urea groups is 1. The van der Waals surface area contributed by atoms with Crippen LogP contribution in [0, 0.1) is 6.92 Å². The van der Waals surface area contributed by atoms with Crippen molar-refractivity contribution in [3.05, 3.63) is 45.9 Å². The van der Waals surface area contributed by atoms with E-state index in [1.54, 1.807) is 11.3 Å². The van der Waals surface area contributed by atoms with Crippen molar-refractivity contribution in [2.75, 3.05) is 31.5 Å². The Morgan fingerprint density at radius 3 is 2.67 bits per heavy atom. The lowest BCUT2D eigenvalue weighted by Crippen LogP contribution is -2.49. The van der Waals surface area contributed by atoms with Gasteiger partial charge < -0.3 is 10.2 Å². The van der Waals surface area contributed by atoms with Crippen molar-refractivity contribution < 1.29 is 4.79 Å². The topological polar surface area (TPSA) is 48.5 Å². The van der Waals surface area contributed by atoms with Gasteiger partial charge in [-0.15, -0.1) is 11.3 Å². The Kier molecular flexibility index (Phi) is 5.48. The first-order valence-electron chi connectivity index (χ1n) is 8.43. The zero-order valence-corrected chi connectivity index (χ0v) is 15.1. The second-order valence-corrected chi connectivity index (χ2v) is 7.04. The fourth-order valence-electron chi connectivity index (χ4n) is 2.83. The van der Waals surface area contributed by atoms with Crippen LogP contribution in [0.25, 0.3) is 0 Å². The molecule has 1 saturated heterocycles. The Bertz CT molecular complexity index is 692. The summed E-state index contributed by atoms with van der Waals surface area (Å²) in [4.78, 5) is 21.3. The summed E-state index contributed by atoms with van der Waals surface area (Å²) in [5.41, 5.74) is 3.12. The molecule has 128 valence electrons. The lowest BCUT2D eigenvalue weighted by molar-refractivity contribution is 0.142. The van der Waals surface area contributed by atoms with Crippen LogP contribution in [0.2, 0.25) is 0 Å². The normalized spacial score (nSPS) is 15.5. The van der Waals surface area contributed by atoms with Crippen LogP contribution >= 0.6 is 11.3 Å². The van der Waals surface area contributed by atoms with Crippen LogP contribution in [-0.2, 0) is 13.0 Å². The molecule has 1 aliphatic heterocycles. The first-order valence-corrected chi connectivity index (χ1v) is 9.31. The summed E-state index contributed by atoms with van der Waals surface area (Å²) in [6.07, 6.45) is 0.998. The molecule has 3 rings (SSSR count). The largest absolute Gasteiger partial charge is 0.322 e. The number of aromatic nitrogens is 1. The van der Waals surface area contributed by atoms with Crippen LogP contribution < -0.4 is 5.32 Å². The Hall–Kier alpha value is -1.92. The molecular formula is C18H24N4OS. The summed E-state index contributed by atoms with van der Waals surface area (Å²) in [7, 11) is 0. The molecule has 0 saturated carbocycles. The summed E-state index contributed by atoms with van der Waals surface area (Å²) in [5, 5.41) is 6.36. The number of aryl methyl sites for hydroxylation is 2. The Labute approximate surface area is 147 Å². The number of amides is 2. The van der Waals surface area contributed by atoms with Gasteiger partial charge in [0.05, 0.1) is 10.7 Å². The standard InChI is InChI=1S/C18H24N4OS/c1-3-17-19-15(13-24-17)12-21-8-10-22(11-9-21)18(23)20-16-7-5-4-6-14(16)2/h4-7,13H,3,8-12H2,1-2H3,(H,20,23). The quantitative estimate of drug-likeness (QED) is 0.925. The highest BCUT2D eigenvalue weighted by Crippen LogP contribution is 2.16. The van der Waals surface area contributed by atoms with Crippen molar-refractivity contribution in [3.63, 3.8) is 0 Å². The van der Waals surface area contributed by atoms with Crippen molar-refractivity contribution in [1.29, 1.82) is 0 Å². The maximum atomic E-state index is 12.4. The number of carbonyl (C=O) groups excluding carboxylic acids is 1. The first-order chi connectivity index (χ1) is 11.7. The molecule has 1 fully saturated rings. The molecule has 2 amide bonds. The Morgan fingerprint density at radius 1 is 1.25 bits per heavy atom. The molecule has 2 heterocycles. The summed E-state index contributed by atoms with van der Waals surface area (Å²) in [5.74, 6) is 0. The Balaban J connectivity index is 1.49. The number of para-hydroxylation sites is 1. The van der Waals surface area contributed by atoms with Gasteiger partial charge in [-0.3, -0.25) is 4.90 Å². The van der Waals surface area contributed by atoms with E-state index in [-0.39, 0.29) is 6.03 Å². The first kappa shape index (κ1) is 16.9. The molecule has 5 nitrogen and oxygen atoms in total. The van der Waals surface area contributed by atoms with E-state index in [0.29, 0.717) is 0 Å². The van der Waals surface area contributed by atoms with E-state index in [9.17, 15) is 4.79 Å². The van der Waals surface area contributed by atoms with Gasteiger partial charge in [0.15, 0.2) is 0 Å². The van der Waals surface area contributed by atoms with E-state index in [0.717, 1.165) is 56.1 Å². The molecular weight excluding hydrogens is 320 g/mol. The second kappa shape index (κ2) is 7.77. The van der Waals surface area contributed by atoms with E-state index in [1.807, 2.05) is 36.1 Å². The van der Waals surface area contributed by atoms with Crippen LogP contribution in [0.15, 0.2) is 29.6 Å². The summed E-state index contributed by atoms with van der Waals surface area (Å²) in [6.45, 7) is 8.30. The van der Waals surface area contributed by atoms with E-state index in [1.165, 1.54) is 5.01 Å². The van der Waals surface area contributed by atoms with Gasteiger partial charge in [0.1, 0.15) is 0 Å². The number of benzene rings is 1. The van der Waals surface area contributed by atoms with Gasteiger partial charge in [0, 0.05) is 43.8 Å². The van der Waals surface area contributed by atoms with Crippen LogP contribution in [-0.4, -0.2) is 47.0 Å². The average Bonchev–Trinajstić information content (AvgIpc) is 3.05. The van der Waals surface area contributed by atoms with E-state index < -0.39 is 0 Å². The number of hydrogen-bond donors (Lipinski definition) is 1. The molecule has 0 spiro atoms. The molecule has 0 atom stereocenters. The fraction of sp³-hybridized carbons (Fsp3) is 0.444. The number of hydrogen-bond acceptors (Lipinski definition) is 4. The third-order valence-electron chi connectivity index (χ3n) is 4.33. The molecule has 1 aliphatic rings. The molecule has 0 radical (unpaired) electrons. The van der Waals surface area contributed by atoms with E-state index >= 15 is 0 Å². The summed E-state index contributed by atoms with van der Waals surface area (Å²) in [6, 6.07) is 7.86. The predicted molar refractivity (Wildman–Crippen MR) is 98.5 cm³/mol. The van der Waals surface area contributed by atoms with Gasteiger partial charge in [-0.1, -0.05) is 25.1 Å². The zero-order chi connectivity index (χ0) is 16.9. The molecule has 0 aliphatic carbocycles. The lowest BCUT2D eigenvalue weighted by atomic mass is 10.2. The average molecular weight is 344 g/mol. The predicted octanol–water partition coefficient (Wildman–Crippen LogP) is 3.36. The highest BCUT2D eigenvalue weighted by Gasteiger charge is 2.22. The third kappa shape index (κ3) is 4.13. The van der Waals surface area contributed by atoms with E-state index in [4.69, 9.17) is 0 Å². The monoisotopic (exact) mass is 344 g/mol. The van der Waals surface area contributed by atoms with Gasteiger partial charge in [-0.2, -0.15) is 0 Å². The number of nitrogens with one attached hydrogen (secondary N) is 1. The highest BCUT2D eigenvalue weighted by atomic mass is 32.1. The molecule has 24 heavy (non-hydrogen) atoms. The zero-order valence-electron chi connectivity index (χ0n) is 14.3. The molecule has 2 aromatic rings. The number of rotatable bonds is 4. The van der Waals surface area contributed by atoms with Crippen LogP contribution in [0.3, 0.4) is 0 Å². The minimum Gasteiger partial charge on any atom is -0.322 e. The minimum atomic E-state index is -0.00845. The third-order valence-corrected chi connectivity index (χ3v) is 5.38. The van der Waals surface area contributed by atoms with Gasteiger partial charge >= 0.3 is 6.03 Å². The van der Waals surface area contributed by atoms with Crippen LogP contribution in [0.5, 0.6) is 0 Å². The smallest absolute Gasteiger partial charge is 0.321 e. The molecule has 0 unspecified atom stereocenters. The van der Waals surface area contributed by atoms with Gasteiger partial charge in [-0.25, -0.2) is 9.78 Å². The fourth-order valence-corrected chi connectivity index (χ4v) is 3.57. The van der Waals surface area contributed by atoms with Gasteiger partial charge in [-0.05, 0) is 25.0 Å². The number of carbonyl (C=O) groups is 1. The molecule has 1 aromatic heterocycles. The minimum absolute atomic E-state index is 0.00845. The lowest BCUT2D eigenvalue weighted by Gasteiger charge is -2.34. The van der Waals surface area contributed by atoms with Crippen LogP contribution in [0.1, 0.15) is 23.2 Å². The van der Waals surface area contributed by atoms with Crippen molar-refractivity contribution in [2.24, 2.45) is 0 Å². The highest BCUT2D eigenvalue weighted by molar-refractivity contribution is 7.09. The maximum absolute atomic E-state index is 12.4. The number of anilines is 1.